The minimum absolute atomic E-state index is 0.224. The number of furan rings is 1. The average molecular weight is 462 g/mol. The van der Waals surface area contributed by atoms with Gasteiger partial charge in [-0.15, -0.1) is 0 Å². The quantitative estimate of drug-likeness (QED) is 0.361. The minimum Gasteiger partial charge on any atom is -0.463 e. The monoisotopic (exact) mass is 461 g/mol. The number of benzene rings is 2. The van der Waals surface area contributed by atoms with Crippen molar-refractivity contribution in [2.45, 2.75) is 18.9 Å². The largest absolute Gasteiger partial charge is 0.463 e. The Bertz CT molecular complexity index is 1280. The van der Waals surface area contributed by atoms with Crippen molar-refractivity contribution in [1.82, 2.24) is 15.1 Å². The molecule has 0 aliphatic heterocycles. The highest BCUT2D eigenvalue weighted by molar-refractivity contribution is 6.30. The number of urea groups is 1. The summed E-state index contributed by atoms with van der Waals surface area (Å²) in [5, 5.41) is 13.6. The van der Waals surface area contributed by atoms with Crippen LogP contribution in [0.15, 0.2) is 77.4 Å². The number of nitrogens with one attached hydrogen (secondary N) is 3. The molecule has 1 aliphatic carbocycles. The van der Waals surface area contributed by atoms with Gasteiger partial charge in [-0.05, 0) is 73.5 Å². The van der Waals surface area contributed by atoms with E-state index in [-0.39, 0.29) is 23.7 Å². The molecule has 1 saturated carbocycles. The van der Waals surface area contributed by atoms with Gasteiger partial charge < -0.3 is 20.4 Å². The first kappa shape index (κ1) is 20.8. The number of amides is 3. The van der Waals surface area contributed by atoms with Crippen LogP contribution < -0.4 is 16.0 Å². The minimum atomic E-state index is -0.372. The van der Waals surface area contributed by atoms with Gasteiger partial charge in [-0.2, -0.15) is 5.10 Å². The van der Waals surface area contributed by atoms with Gasteiger partial charge in [0.25, 0.3) is 5.91 Å². The molecule has 3 amide bonds. The zero-order valence-electron chi connectivity index (χ0n) is 17.4. The molecule has 0 radical (unpaired) electrons. The number of carbonyl (C=O) groups excluding carboxylic acids is 2. The number of aromatic nitrogens is 2. The Labute approximate surface area is 194 Å². The molecule has 0 bridgehead atoms. The van der Waals surface area contributed by atoms with Crippen molar-refractivity contribution < 1.29 is 14.0 Å². The van der Waals surface area contributed by atoms with E-state index >= 15 is 0 Å². The zero-order chi connectivity index (χ0) is 22.8. The van der Waals surface area contributed by atoms with E-state index in [0.717, 1.165) is 18.5 Å². The Morgan fingerprint density at radius 1 is 0.970 bits per heavy atom. The summed E-state index contributed by atoms with van der Waals surface area (Å²) in [6.07, 6.45) is 3.61. The summed E-state index contributed by atoms with van der Waals surface area (Å²) >= 11 is 6.01. The molecule has 3 N–H and O–H groups in total. The van der Waals surface area contributed by atoms with Crippen LogP contribution in [0.25, 0.3) is 17.1 Å². The maximum atomic E-state index is 12.9. The number of nitrogens with zero attached hydrogens (tertiary/aromatic N) is 2. The van der Waals surface area contributed by atoms with Gasteiger partial charge in [0.2, 0.25) is 0 Å². The fraction of sp³-hybridized carbons (Fsp3) is 0.125. The first-order valence-electron chi connectivity index (χ1n) is 10.4. The summed E-state index contributed by atoms with van der Waals surface area (Å²) in [5.74, 6) is 0.208. The van der Waals surface area contributed by atoms with Crippen LogP contribution in [-0.4, -0.2) is 27.8 Å². The van der Waals surface area contributed by atoms with Crippen molar-refractivity contribution >= 4 is 34.9 Å². The molecule has 0 atom stereocenters. The summed E-state index contributed by atoms with van der Waals surface area (Å²) in [7, 11) is 0. The second-order valence-corrected chi connectivity index (χ2v) is 8.12. The molecule has 4 aromatic rings. The molecule has 8 nitrogen and oxygen atoms in total. The molecule has 2 aromatic heterocycles. The third-order valence-corrected chi connectivity index (χ3v) is 5.35. The number of rotatable bonds is 6. The van der Waals surface area contributed by atoms with Crippen LogP contribution in [-0.2, 0) is 0 Å². The second-order valence-electron chi connectivity index (χ2n) is 7.68. The standard InChI is InChI=1S/C24H20ClN5O3/c25-15-3-11-19(12-4-15)30-21(22-2-1-13-33-22)14-20(29-30)23(31)26-16-5-7-17(8-6-16)27-24(32)28-18-9-10-18/h1-8,11-14,18H,9-10H2,(H,26,31)(H2,27,28,32). The lowest BCUT2D eigenvalue weighted by Crippen LogP contribution is -2.30. The number of anilines is 2. The highest BCUT2D eigenvalue weighted by Gasteiger charge is 2.23. The smallest absolute Gasteiger partial charge is 0.319 e. The van der Waals surface area contributed by atoms with Gasteiger partial charge in [-0.1, -0.05) is 11.6 Å². The van der Waals surface area contributed by atoms with Gasteiger partial charge in [0.05, 0.1) is 12.0 Å². The van der Waals surface area contributed by atoms with E-state index in [1.807, 2.05) is 12.1 Å². The van der Waals surface area contributed by atoms with Crippen LogP contribution in [0.4, 0.5) is 16.2 Å². The van der Waals surface area contributed by atoms with Gasteiger partial charge in [0, 0.05) is 28.5 Å². The highest BCUT2D eigenvalue weighted by Crippen LogP contribution is 2.26. The van der Waals surface area contributed by atoms with Crippen molar-refractivity contribution in [3.8, 4) is 17.1 Å². The molecular weight excluding hydrogens is 442 g/mol. The van der Waals surface area contributed by atoms with Crippen LogP contribution in [0.1, 0.15) is 23.3 Å². The maximum absolute atomic E-state index is 12.9. The first-order chi connectivity index (χ1) is 16.0. The van der Waals surface area contributed by atoms with Crippen molar-refractivity contribution in [2.24, 2.45) is 0 Å². The Morgan fingerprint density at radius 2 is 1.67 bits per heavy atom. The van der Waals surface area contributed by atoms with Crippen LogP contribution in [0.2, 0.25) is 5.02 Å². The van der Waals surface area contributed by atoms with Crippen LogP contribution in [0.3, 0.4) is 0 Å². The zero-order valence-corrected chi connectivity index (χ0v) is 18.2. The SMILES string of the molecule is O=C(Nc1ccc(NC(=O)c2cc(-c3ccco3)n(-c3ccc(Cl)cc3)n2)cc1)NC1CC1. The number of hydrogen-bond acceptors (Lipinski definition) is 4. The van der Waals surface area contributed by atoms with Gasteiger partial charge in [-0.3, -0.25) is 4.79 Å². The van der Waals surface area contributed by atoms with Gasteiger partial charge in [0.15, 0.2) is 11.5 Å². The van der Waals surface area contributed by atoms with Crippen LogP contribution in [0, 0.1) is 0 Å². The summed E-state index contributed by atoms with van der Waals surface area (Å²) in [5.41, 5.74) is 2.81. The number of hydrogen-bond donors (Lipinski definition) is 3. The summed E-state index contributed by atoms with van der Waals surface area (Å²) in [4.78, 5) is 24.8. The Hall–Kier alpha value is -4.04. The van der Waals surface area contributed by atoms with Gasteiger partial charge in [-0.25, -0.2) is 9.48 Å². The summed E-state index contributed by atoms with van der Waals surface area (Å²) < 4.78 is 7.17. The van der Waals surface area contributed by atoms with Crippen molar-refractivity contribution in [3.05, 3.63) is 83.7 Å². The van der Waals surface area contributed by atoms with E-state index in [4.69, 9.17) is 16.0 Å². The van der Waals surface area contributed by atoms with E-state index in [9.17, 15) is 9.59 Å². The Kier molecular flexibility index (Phi) is 5.58. The molecule has 0 unspecified atom stereocenters. The Balaban J connectivity index is 1.33. The molecule has 166 valence electrons. The number of carbonyl (C=O) groups is 2. The molecule has 1 aliphatic rings. The van der Waals surface area contributed by atoms with E-state index in [1.54, 1.807) is 65.5 Å². The normalized spacial score (nSPS) is 12.9. The highest BCUT2D eigenvalue weighted by atomic mass is 35.5. The lowest BCUT2D eigenvalue weighted by atomic mass is 10.2. The third kappa shape index (κ3) is 4.91. The molecular formula is C24H20ClN5O3. The topological polar surface area (TPSA) is 101 Å². The Morgan fingerprint density at radius 3 is 2.30 bits per heavy atom. The molecule has 5 rings (SSSR count). The molecule has 9 heteroatoms. The molecule has 33 heavy (non-hydrogen) atoms. The van der Waals surface area contributed by atoms with Crippen LogP contribution >= 0.6 is 11.6 Å². The predicted octanol–water partition coefficient (Wildman–Crippen LogP) is 5.32. The van der Waals surface area contributed by atoms with Gasteiger partial charge in [0.1, 0.15) is 5.69 Å². The molecule has 1 fully saturated rings. The lowest BCUT2D eigenvalue weighted by molar-refractivity contribution is 0.102. The second kappa shape index (κ2) is 8.84. The third-order valence-electron chi connectivity index (χ3n) is 5.10. The molecule has 2 aromatic carbocycles. The summed E-state index contributed by atoms with van der Waals surface area (Å²) in [6, 6.07) is 19.3. The van der Waals surface area contributed by atoms with E-state index in [2.05, 4.69) is 21.0 Å². The molecule has 0 spiro atoms. The first-order valence-corrected chi connectivity index (χ1v) is 10.8. The predicted molar refractivity (Wildman–Crippen MR) is 126 cm³/mol. The van der Waals surface area contributed by atoms with E-state index < -0.39 is 0 Å². The molecule has 0 saturated heterocycles. The fourth-order valence-electron chi connectivity index (χ4n) is 3.28. The van der Waals surface area contributed by atoms with Crippen molar-refractivity contribution in [2.75, 3.05) is 10.6 Å². The van der Waals surface area contributed by atoms with E-state index in [1.165, 1.54) is 0 Å². The van der Waals surface area contributed by atoms with Crippen LogP contribution in [0.5, 0.6) is 0 Å². The average Bonchev–Trinajstić information content (AvgIpc) is 3.26. The van der Waals surface area contributed by atoms with Crippen molar-refractivity contribution in [3.63, 3.8) is 0 Å². The van der Waals surface area contributed by atoms with Crippen molar-refractivity contribution in [1.29, 1.82) is 0 Å². The summed E-state index contributed by atoms with van der Waals surface area (Å²) in [6.45, 7) is 0. The lowest BCUT2D eigenvalue weighted by Gasteiger charge is -2.08. The molecule has 2 heterocycles. The van der Waals surface area contributed by atoms with Gasteiger partial charge >= 0.3 is 6.03 Å². The number of halogens is 1. The maximum Gasteiger partial charge on any atom is 0.319 e. The van der Waals surface area contributed by atoms with E-state index in [0.29, 0.717) is 27.9 Å². The fourth-order valence-corrected chi connectivity index (χ4v) is 3.41.